The van der Waals surface area contributed by atoms with Crippen LogP contribution in [0.25, 0.3) is 0 Å². The molecule has 0 saturated heterocycles. The summed E-state index contributed by atoms with van der Waals surface area (Å²) < 4.78 is 0. The van der Waals surface area contributed by atoms with Gasteiger partial charge in [0, 0.05) is 0 Å². The third-order valence-electron chi connectivity index (χ3n) is 3.66. The Morgan fingerprint density at radius 1 is 1.15 bits per heavy atom. The predicted octanol–water partition coefficient (Wildman–Crippen LogP) is -1.89. The van der Waals surface area contributed by atoms with Gasteiger partial charge in [0.05, 0.1) is 23.8 Å². The molecule has 1 aliphatic carbocycles. The van der Waals surface area contributed by atoms with Crippen LogP contribution in [0.2, 0.25) is 0 Å². The van der Waals surface area contributed by atoms with E-state index in [2.05, 4.69) is 0 Å². The quantitative estimate of drug-likeness (QED) is 0.386. The highest BCUT2D eigenvalue weighted by molar-refractivity contribution is 5.99. The van der Waals surface area contributed by atoms with Gasteiger partial charge < -0.3 is 26.8 Å². The summed E-state index contributed by atoms with van der Waals surface area (Å²) in [5.74, 6) is -10.5. The summed E-state index contributed by atoms with van der Waals surface area (Å²) in [5, 5.41) is 27.3. The predicted molar refractivity (Wildman–Crippen MR) is 63.6 cm³/mol. The monoisotopic (exact) mass is 288 g/mol. The molecular weight excluding hydrogens is 272 g/mol. The maximum absolute atomic E-state index is 12.0. The first kappa shape index (κ1) is 16.1. The molecule has 0 bridgehead atoms. The molecule has 0 spiro atoms. The Morgan fingerprint density at radius 2 is 1.65 bits per heavy atom. The fourth-order valence-corrected chi connectivity index (χ4v) is 2.66. The minimum Gasteiger partial charge on any atom is -0.481 e. The van der Waals surface area contributed by atoms with Crippen molar-refractivity contribution in [2.24, 2.45) is 29.2 Å². The van der Waals surface area contributed by atoms with Gasteiger partial charge in [-0.05, 0) is 13.3 Å². The van der Waals surface area contributed by atoms with E-state index in [9.17, 15) is 19.2 Å². The molecule has 1 aliphatic rings. The van der Waals surface area contributed by atoms with Crippen molar-refractivity contribution >= 4 is 23.7 Å². The fourth-order valence-electron chi connectivity index (χ4n) is 2.66. The Labute approximate surface area is 113 Å². The van der Waals surface area contributed by atoms with Crippen LogP contribution in [0.5, 0.6) is 0 Å². The maximum atomic E-state index is 12.0. The average molecular weight is 288 g/mol. The number of ketones is 1. The highest BCUT2D eigenvalue weighted by Crippen LogP contribution is 2.44. The third-order valence-corrected chi connectivity index (χ3v) is 3.66. The van der Waals surface area contributed by atoms with Crippen LogP contribution in [0.1, 0.15) is 13.3 Å². The number of carbonyl (C=O) groups excluding carboxylic acids is 1. The van der Waals surface area contributed by atoms with E-state index < -0.39 is 59.4 Å². The number of carbonyl (C=O) groups is 4. The first-order valence-corrected chi connectivity index (χ1v) is 5.81. The molecule has 0 aromatic carbocycles. The minimum atomic E-state index is -2.25. The molecule has 112 valence electrons. The van der Waals surface area contributed by atoms with E-state index >= 15 is 0 Å². The number of nitrogens with two attached hydrogens (primary N) is 2. The molecule has 9 nitrogen and oxygen atoms in total. The normalized spacial score (nSPS) is 34.5. The summed E-state index contributed by atoms with van der Waals surface area (Å²) in [5.41, 5.74) is 8.77. The molecule has 9 heteroatoms. The van der Waals surface area contributed by atoms with Gasteiger partial charge in [-0.15, -0.1) is 0 Å². The second kappa shape index (κ2) is 5.17. The highest BCUT2D eigenvalue weighted by atomic mass is 16.4. The number of hydrogen-bond donors (Lipinski definition) is 5. The van der Waals surface area contributed by atoms with E-state index in [0.29, 0.717) is 0 Å². The summed E-state index contributed by atoms with van der Waals surface area (Å²) in [4.78, 5) is 45.7. The first-order valence-electron chi connectivity index (χ1n) is 5.81. The van der Waals surface area contributed by atoms with Crippen LogP contribution in [-0.4, -0.2) is 50.6 Å². The van der Waals surface area contributed by atoms with Gasteiger partial charge in [0.1, 0.15) is 5.54 Å². The minimum absolute atomic E-state index is 0.641. The second-order valence-electron chi connectivity index (χ2n) is 5.03. The zero-order chi connectivity index (χ0) is 15.8. The van der Waals surface area contributed by atoms with Gasteiger partial charge in [-0.25, -0.2) is 0 Å². The van der Waals surface area contributed by atoms with Crippen molar-refractivity contribution in [1.29, 1.82) is 0 Å². The van der Waals surface area contributed by atoms with Crippen molar-refractivity contribution in [2.45, 2.75) is 24.9 Å². The van der Waals surface area contributed by atoms with Crippen LogP contribution >= 0.6 is 0 Å². The summed E-state index contributed by atoms with van der Waals surface area (Å²) >= 11 is 0. The van der Waals surface area contributed by atoms with Crippen LogP contribution in [0.15, 0.2) is 0 Å². The van der Waals surface area contributed by atoms with Gasteiger partial charge in [-0.3, -0.25) is 19.2 Å². The van der Waals surface area contributed by atoms with Gasteiger partial charge in [-0.1, -0.05) is 0 Å². The molecule has 7 N–H and O–H groups in total. The topological polar surface area (TPSA) is 181 Å². The Morgan fingerprint density at radius 3 is 1.95 bits per heavy atom. The van der Waals surface area contributed by atoms with Crippen LogP contribution in [-0.2, 0) is 19.2 Å². The summed E-state index contributed by atoms with van der Waals surface area (Å²) in [6, 6.07) is -1.14. The van der Waals surface area contributed by atoms with Crippen molar-refractivity contribution < 1.29 is 34.5 Å². The van der Waals surface area contributed by atoms with Crippen molar-refractivity contribution in [3.63, 3.8) is 0 Å². The molecule has 0 aliphatic heterocycles. The lowest BCUT2D eigenvalue weighted by Gasteiger charge is -2.28. The summed E-state index contributed by atoms with van der Waals surface area (Å²) in [7, 11) is 0. The molecule has 0 heterocycles. The zero-order valence-electron chi connectivity index (χ0n) is 10.6. The van der Waals surface area contributed by atoms with Crippen molar-refractivity contribution in [2.75, 3.05) is 0 Å². The van der Waals surface area contributed by atoms with Gasteiger partial charge in [0.25, 0.3) is 0 Å². The number of carboxylic acids is 3. The molecule has 5 atom stereocenters. The molecule has 0 aromatic heterocycles. The fraction of sp³-hybridized carbons (Fsp3) is 0.636. The molecule has 0 amide bonds. The van der Waals surface area contributed by atoms with Crippen molar-refractivity contribution in [3.05, 3.63) is 0 Å². The highest BCUT2D eigenvalue weighted by Gasteiger charge is 2.63. The number of carboxylic acid groups (broad SMARTS) is 3. The lowest BCUT2D eigenvalue weighted by Crippen LogP contribution is -2.57. The van der Waals surface area contributed by atoms with Crippen molar-refractivity contribution in [1.82, 2.24) is 0 Å². The van der Waals surface area contributed by atoms with Gasteiger partial charge in [-0.2, -0.15) is 0 Å². The molecule has 0 aromatic rings. The van der Waals surface area contributed by atoms with Gasteiger partial charge >= 0.3 is 17.9 Å². The van der Waals surface area contributed by atoms with Gasteiger partial charge in [0.15, 0.2) is 5.78 Å². The zero-order valence-corrected chi connectivity index (χ0v) is 10.6. The Bertz CT molecular complexity index is 475. The smallest absolute Gasteiger partial charge is 0.324 e. The van der Waals surface area contributed by atoms with Crippen LogP contribution in [0, 0.1) is 17.8 Å². The largest absolute Gasteiger partial charge is 0.481 e. The van der Waals surface area contributed by atoms with Gasteiger partial charge in [0.2, 0.25) is 0 Å². The molecule has 1 rings (SSSR count). The van der Waals surface area contributed by atoms with Crippen molar-refractivity contribution in [3.8, 4) is 0 Å². The molecule has 1 saturated carbocycles. The second-order valence-corrected chi connectivity index (χ2v) is 5.03. The average Bonchev–Trinajstić information content (AvgIpc) is 2.63. The third kappa shape index (κ3) is 2.37. The van der Waals surface area contributed by atoms with E-state index in [-0.39, 0.29) is 0 Å². The number of hydrogen-bond acceptors (Lipinski definition) is 6. The number of aliphatic carboxylic acids is 3. The maximum Gasteiger partial charge on any atom is 0.324 e. The van der Waals surface area contributed by atoms with E-state index in [1.807, 2.05) is 0 Å². The molecular formula is C11H16N2O7. The molecule has 20 heavy (non-hydrogen) atoms. The first-order chi connectivity index (χ1) is 9.04. The van der Waals surface area contributed by atoms with E-state index in [1.54, 1.807) is 0 Å². The lowest BCUT2D eigenvalue weighted by molar-refractivity contribution is -0.156. The molecule has 5 unspecified atom stereocenters. The van der Waals surface area contributed by atoms with E-state index in [0.717, 1.165) is 0 Å². The SMILES string of the molecule is CC(N)C(=O)C1C(C(=O)O)C(C(=O)O)CC1(N)C(=O)O. The molecule has 1 fully saturated rings. The Hall–Kier alpha value is -2.00. The summed E-state index contributed by atoms with van der Waals surface area (Å²) in [6.07, 6.45) is -0.641. The van der Waals surface area contributed by atoms with E-state index in [1.165, 1.54) is 6.92 Å². The van der Waals surface area contributed by atoms with Crippen LogP contribution in [0.4, 0.5) is 0 Å². The molecule has 0 radical (unpaired) electrons. The Balaban J connectivity index is 3.41. The van der Waals surface area contributed by atoms with Crippen LogP contribution in [0.3, 0.4) is 0 Å². The Kier molecular flexibility index (Phi) is 4.15. The number of Topliss-reactive ketones (excluding diaryl/α,β-unsaturated/α-hetero) is 1. The summed E-state index contributed by atoms with van der Waals surface area (Å²) in [6.45, 7) is 1.26. The lowest BCUT2D eigenvalue weighted by atomic mass is 9.78. The number of rotatable bonds is 5. The van der Waals surface area contributed by atoms with E-state index in [4.69, 9.17) is 26.8 Å². The standard InChI is InChI=1S/C11H16N2O7/c1-3(12)7(14)6-5(9(17)18)4(8(15)16)2-11(6,13)10(19)20/h3-6H,2,12-13H2,1H3,(H,15,16)(H,17,18)(H,19,20). The van der Waals surface area contributed by atoms with Crippen LogP contribution < -0.4 is 11.5 Å².